The number of hydrogen-bond acceptors (Lipinski definition) is 5. The Bertz CT molecular complexity index is 967. The molecule has 4 rings (SSSR count). The molecule has 0 saturated heterocycles. The quantitative estimate of drug-likeness (QED) is 0.470. The molecule has 0 aliphatic heterocycles. The second kappa shape index (κ2) is 9.32. The molecular formula is C21H23ClN4OS2. The van der Waals surface area contributed by atoms with Crippen LogP contribution in [0.2, 0.25) is 5.02 Å². The predicted octanol–water partition coefficient (Wildman–Crippen LogP) is 5.74. The van der Waals surface area contributed by atoms with E-state index in [-0.39, 0.29) is 11.9 Å². The minimum atomic E-state index is -0.00355. The molecular weight excluding hydrogens is 424 g/mol. The Labute approximate surface area is 183 Å². The fourth-order valence-electron chi connectivity index (χ4n) is 3.72. The molecule has 2 aromatic heterocycles. The van der Waals surface area contributed by atoms with Crippen molar-refractivity contribution in [2.24, 2.45) is 0 Å². The summed E-state index contributed by atoms with van der Waals surface area (Å²) in [6, 6.07) is 12.1. The zero-order valence-corrected chi connectivity index (χ0v) is 18.6. The molecule has 0 radical (unpaired) electrons. The van der Waals surface area contributed by atoms with E-state index in [2.05, 4.69) is 20.1 Å². The number of carbonyl (C=O) groups is 1. The SMILES string of the molecule is C[C@@H](NC(=O)CSc1nnc(-c2ccccc2Cl)n1C1CCCC1)c1cccs1. The maximum Gasteiger partial charge on any atom is 0.230 e. The normalized spacial score (nSPS) is 15.5. The molecule has 1 aliphatic carbocycles. The molecule has 0 unspecified atom stereocenters. The van der Waals surface area contributed by atoms with Gasteiger partial charge in [0.25, 0.3) is 0 Å². The zero-order valence-electron chi connectivity index (χ0n) is 16.2. The van der Waals surface area contributed by atoms with E-state index in [0.717, 1.165) is 34.3 Å². The van der Waals surface area contributed by atoms with Crippen molar-refractivity contribution in [2.75, 3.05) is 5.75 Å². The topological polar surface area (TPSA) is 59.8 Å². The molecule has 8 heteroatoms. The summed E-state index contributed by atoms with van der Waals surface area (Å²) in [6.07, 6.45) is 4.61. The molecule has 1 aliphatic rings. The van der Waals surface area contributed by atoms with Crippen molar-refractivity contribution in [2.45, 2.75) is 49.8 Å². The minimum Gasteiger partial charge on any atom is -0.348 e. The molecule has 152 valence electrons. The summed E-state index contributed by atoms with van der Waals surface area (Å²) in [6.45, 7) is 2.00. The highest BCUT2D eigenvalue weighted by Gasteiger charge is 2.26. The number of nitrogens with zero attached hydrogens (tertiary/aromatic N) is 3. The maximum absolute atomic E-state index is 12.5. The first kappa shape index (κ1) is 20.4. The van der Waals surface area contributed by atoms with Crippen molar-refractivity contribution in [3.63, 3.8) is 0 Å². The fourth-order valence-corrected chi connectivity index (χ4v) is 5.49. The van der Waals surface area contributed by atoms with Crippen LogP contribution in [-0.4, -0.2) is 26.4 Å². The summed E-state index contributed by atoms with van der Waals surface area (Å²) in [5.74, 6) is 1.09. The van der Waals surface area contributed by atoms with Gasteiger partial charge in [0.05, 0.1) is 16.8 Å². The summed E-state index contributed by atoms with van der Waals surface area (Å²) in [5, 5.41) is 15.4. The zero-order chi connectivity index (χ0) is 20.2. The first-order valence-electron chi connectivity index (χ1n) is 9.79. The van der Waals surface area contributed by atoms with E-state index >= 15 is 0 Å². The van der Waals surface area contributed by atoms with Crippen molar-refractivity contribution in [1.29, 1.82) is 0 Å². The van der Waals surface area contributed by atoms with Gasteiger partial charge in [-0.15, -0.1) is 21.5 Å². The van der Waals surface area contributed by atoms with Crippen LogP contribution in [0, 0.1) is 0 Å². The van der Waals surface area contributed by atoms with Crippen LogP contribution in [0.1, 0.15) is 49.6 Å². The number of rotatable bonds is 7. The van der Waals surface area contributed by atoms with Crippen molar-refractivity contribution in [3.8, 4) is 11.4 Å². The summed E-state index contributed by atoms with van der Waals surface area (Å²) >= 11 is 9.52. The van der Waals surface area contributed by atoms with Crippen LogP contribution in [0.3, 0.4) is 0 Å². The number of benzene rings is 1. The Morgan fingerprint density at radius 2 is 2.07 bits per heavy atom. The lowest BCUT2D eigenvalue weighted by atomic mass is 10.2. The number of hydrogen-bond donors (Lipinski definition) is 1. The molecule has 1 atom stereocenters. The van der Waals surface area contributed by atoms with Crippen molar-refractivity contribution >= 4 is 40.6 Å². The molecule has 1 saturated carbocycles. The lowest BCUT2D eigenvalue weighted by Crippen LogP contribution is -2.27. The van der Waals surface area contributed by atoms with Gasteiger partial charge in [-0.3, -0.25) is 9.36 Å². The highest BCUT2D eigenvalue weighted by molar-refractivity contribution is 7.99. The molecule has 3 aromatic rings. The molecule has 1 amide bonds. The molecule has 2 heterocycles. The van der Waals surface area contributed by atoms with Crippen LogP contribution in [0.15, 0.2) is 46.9 Å². The van der Waals surface area contributed by atoms with Crippen LogP contribution in [-0.2, 0) is 4.79 Å². The van der Waals surface area contributed by atoms with E-state index in [4.69, 9.17) is 11.6 Å². The second-order valence-corrected chi connectivity index (χ2v) is 9.52. The largest absolute Gasteiger partial charge is 0.348 e. The third-order valence-electron chi connectivity index (χ3n) is 5.15. The first-order valence-corrected chi connectivity index (χ1v) is 12.0. The van der Waals surface area contributed by atoms with Crippen LogP contribution in [0.5, 0.6) is 0 Å². The monoisotopic (exact) mass is 446 g/mol. The Morgan fingerprint density at radius 3 is 2.79 bits per heavy atom. The summed E-state index contributed by atoms with van der Waals surface area (Å²) in [5.41, 5.74) is 0.885. The molecule has 1 N–H and O–H groups in total. The van der Waals surface area contributed by atoms with Gasteiger partial charge >= 0.3 is 0 Å². The summed E-state index contributed by atoms with van der Waals surface area (Å²) in [4.78, 5) is 13.6. The van der Waals surface area contributed by atoms with Gasteiger partial charge in [0, 0.05) is 16.5 Å². The fraction of sp³-hybridized carbons (Fsp3) is 0.381. The molecule has 29 heavy (non-hydrogen) atoms. The highest BCUT2D eigenvalue weighted by atomic mass is 35.5. The number of amides is 1. The van der Waals surface area contributed by atoms with Crippen molar-refractivity contribution in [3.05, 3.63) is 51.7 Å². The highest BCUT2D eigenvalue weighted by Crippen LogP contribution is 2.38. The Morgan fingerprint density at radius 1 is 1.28 bits per heavy atom. The van der Waals surface area contributed by atoms with Gasteiger partial charge in [0.1, 0.15) is 0 Å². The average molecular weight is 447 g/mol. The minimum absolute atomic E-state index is 0.00355. The molecule has 5 nitrogen and oxygen atoms in total. The van der Waals surface area contributed by atoms with Crippen molar-refractivity contribution < 1.29 is 4.79 Å². The third-order valence-corrected chi connectivity index (χ3v) is 7.48. The van der Waals surface area contributed by atoms with E-state index < -0.39 is 0 Å². The second-order valence-electron chi connectivity index (χ2n) is 7.19. The Kier molecular flexibility index (Phi) is 6.57. The molecule has 1 aromatic carbocycles. The van der Waals surface area contributed by atoms with Crippen molar-refractivity contribution in [1.82, 2.24) is 20.1 Å². The summed E-state index contributed by atoms with van der Waals surface area (Å²) < 4.78 is 2.19. The van der Waals surface area contributed by atoms with Gasteiger partial charge in [0.2, 0.25) is 5.91 Å². The van der Waals surface area contributed by atoms with Gasteiger partial charge in [-0.1, -0.05) is 54.4 Å². The van der Waals surface area contributed by atoms with Gasteiger partial charge in [-0.2, -0.15) is 0 Å². The van der Waals surface area contributed by atoms with E-state index in [0.29, 0.717) is 16.8 Å². The van der Waals surface area contributed by atoms with E-state index in [9.17, 15) is 4.79 Å². The standard InChI is InChI=1S/C21H23ClN4OS2/c1-14(18-11-6-12-28-18)23-19(27)13-29-21-25-24-20(16-9-4-5-10-17(16)22)26(21)15-7-2-3-8-15/h4-6,9-12,14-15H,2-3,7-8,13H2,1H3,(H,23,27)/t14-/m1/s1. The Balaban J connectivity index is 1.51. The van der Waals surface area contributed by atoms with Crippen LogP contribution in [0.4, 0.5) is 0 Å². The third kappa shape index (κ3) is 4.68. The van der Waals surface area contributed by atoms with Gasteiger partial charge < -0.3 is 5.32 Å². The number of carbonyl (C=O) groups excluding carboxylic acids is 1. The number of thioether (sulfide) groups is 1. The first-order chi connectivity index (χ1) is 14.1. The van der Waals surface area contributed by atoms with Crippen LogP contribution in [0.25, 0.3) is 11.4 Å². The number of nitrogens with one attached hydrogen (secondary N) is 1. The van der Waals surface area contributed by atoms with E-state index in [1.165, 1.54) is 24.6 Å². The predicted molar refractivity (Wildman–Crippen MR) is 120 cm³/mol. The smallest absolute Gasteiger partial charge is 0.230 e. The van der Waals surface area contributed by atoms with Gasteiger partial charge in [-0.25, -0.2) is 0 Å². The average Bonchev–Trinajstić information content (AvgIpc) is 3.47. The number of halogens is 1. The molecule has 0 bridgehead atoms. The summed E-state index contributed by atoms with van der Waals surface area (Å²) in [7, 11) is 0. The molecule has 0 spiro atoms. The lowest BCUT2D eigenvalue weighted by molar-refractivity contribution is -0.119. The van der Waals surface area contributed by atoms with E-state index in [1.54, 1.807) is 11.3 Å². The maximum atomic E-state index is 12.5. The number of thiophene rings is 1. The van der Waals surface area contributed by atoms with E-state index in [1.807, 2.05) is 48.7 Å². The lowest BCUT2D eigenvalue weighted by Gasteiger charge is -2.17. The molecule has 1 fully saturated rings. The van der Waals surface area contributed by atoms with Crippen LogP contribution < -0.4 is 5.32 Å². The van der Waals surface area contributed by atoms with Gasteiger partial charge in [-0.05, 0) is 43.3 Å². The Hall–Kier alpha value is -1.83. The van der Waals surface area contributed by atoms with Crippen LogP contribution >= 0.6 is 34.7 Å². The van der Waals surface area contributed by atoms with Gasteiger partial charge in [0.15, 0.2) is 11.0 Å². The number of aromatic nitrogens is 3.